The fraction of sp³-hybridized carbons (Fsp3) is 0.0455. The van der Waals surface area contributed by atoms with Crippen molar-refractivity contribution in [3.8, 4) is 35.1 Å². The van der Waals surface area contributed by atoms with E-state index in [0.29, 0.717) is 5.82 Å². The van der Waals surface area contributed by atoms with Gasteiger partial charge < -0.3 is 0 Å². The lowest BCUT2D eigenvalue weighted by molar-refractivity contribution is 1.17. The first kappa shape index (κ1) is 15.0. The summed E-state index contributed by atoms with van der Waals surface area (Å²) in [4.78, 5) is 13.9. The van der Waals surface area contributed by atoms with Crippen molar-refractivity contribution in [1.82, 2.24) is 15.0 Å². The number of benzene rings is 2. The molecule has 4 rings (SSSR count). The fourth-order valence-electron chi connectivity index (χ4n) is 2.79. The van der Waals surface area contributed by atoms with E-state index in [4.69, 9.17) is 11.4 Å². The summed E-state index contributed by atoms with van der Waals surface area (Å²) >= 11 is 0. The minimum Gasteiger partial charge on any atom is -0.244 e. The molecule has 3 nitrogen and oxygen atoms in total. The third-order valence-electron chi connectivity index (χ3n) is 4.12. The standard InChI is InChI=1S/C22H15N3/c1-3-16-10-12-19-18(13-16)14-23-22(25-19)20-11-9-15(2)21(24-20)17-7-5-4-6-8-17/h1,4-14H,2H3. The first-order valence-corrected chi connectivity index (χ1v) is 8.01. The number of aryl methyl sites for hydroxylation is 1. The Balaban J connectivity index is 1.82. The number of fused-ring (bicyclic) bond motifs is 1. The molecule has 2 aromatic carbocycles. The topological polar surface area (TPSA) is 38.7 Å². The van der Waals surface area contributed by atoms with Gasteiger partial charge in [0.15, 0.2) is 5.82 Å². The molecule has 118 valence electrons. The largest absolute Gasteiger partial charge is 0.244 e. The van der Waals surface area contributed by atoms with E-state index in [1.807, 2.05) is 42.5 Å². The van der Waals surface area contributed by atoms with Crippen molar-refractivity contribution in [3.63, 3.8) is 0 Å². The first-order chi connectivity index (χ1) is 12.2. The molecule has 0 N–H and O–H groups in total. The molecule has 0 spiro atoms. The van der Waals surface area contributed by atoms with Crippen LogP contribution in [0.1, 0.15) is 11.1 Å². The van der Waals surface area contributed by atoms with Crippen molar-refractivity contribution >= 4 is 10.9 Å². The lowest BCUT2D eigenvalue weighted by Gasteiger charge is -2.08. The summed E-state index contributed by atoms with van der Waals surface area (Å²) in [7, 11) is 0. The van der Waals surface area contributed by atoms with Gasteiger partial charge in [0.1, 0.15) is 5.69 Å². The summed E-state index contributed by atoms with van der Waals surface area (Å²) in [5, 5.41) is 0.926. The van der Waals surface area contributed by atoms with E-state index in [1.165, 1.54) is 0 Å². The van der Waals surface area contributed by atoms with E-state index in [1.54, 1.807) is 6.20 Å². The van der Waals surface area contributed by atoms with E-state index >= 15 is 0 Å². The van der Waals surface area contributed by atoms with Gasteiger partial charge in [0.2, 0.25) is 0 Å². The summed E-state index contributed by atoms with van der Waals surface area (Å²) in [6.45, 7) is 2.06. The van der Waals surface area contributed by atoms with Crippen LogP contribution in [0.15, 0.2) is 66.9 Å². The molecule has 0 saturated heterocycles. The zero-order valence-corrected chi connectivity index (χ0v) is 13.8. The van der Waals surface area contributed by atoms with Crippen molar-refractivity contribution in [2.45, 2.75) is 6.92 Å². The monoisotopic (exact) mass is 321 g/mol. The Hall–Kier alpha value is -3.51. The maximum absolute atomic E-state index is 5.45. The SMILES string of the molecule is C#Cc1ccc2nc(-c3ccc(C)c(-c4ccccc4)n3)ncc2c1. The Morgan fingerprint density at radius 2 is 1.76 bits per heavy atom. The van der Waals surface area contributed by atoms with E-state index in [9.17, 15) is 0 Å². The average Bonchev–Trinajstić information content (AvgIpc) is 2.68. The van der Waals surface area contributed by atoms with Crippen molar-refractivity contribution in [2.75, 3.05) is 0 Å². The highest BCUT2D eigenvalue weighted by Gasteiger charge is 2.09. The second kappa shape index (κ2) is 6.18. The average molecular weight is 321 g/mol. The molecular formula is C22H15N3. The van der Waals surface area contributed by atoms with Crippen LogP contribution in [0.3, 0.4) is 0 Å². The van der Waals surface area contributed by atoms with Gasteiger partial charge in [0.05, 0.1) is 11.2 Å². The Morgan fingerprint density at radius 1 is 0.920 bits per heavy atom. The summed E-state index contributed by atoms with van der Waals surface area (Å²) in [5.74, 6) is 3.24. The molecule has 3 heteroatoms. The van der Waals surface area contributed by atoms with Crippen LogP contribution in [0.5, 0.6) is 0 Å². The van der Waals surface area contributed by atoms with Gasteiger partial charge >= 0.3 is 0 Å². The molecule has 0 aliphatic rings. The zero-order chi connectivity index (χ0) is 17.2. The minimum absolute atomic E-state index is 0.609. The molecule has 0 unspecified atom stereocenters. The Morgan fingerprint density at radius 3 is 2.56 bits per heavy atom. The van der Waals surface area contributed by atoms with Gasteiger partial charge in [-0.1, -0.05) is 42.3 Å². The molecule has 0 aliphatic heterocycles. The highest BCUT2D eigenvalue weighted by Crippen LogP contribution is 2.25. The Bertz CT molecular complexity index is 1110. The maximum atomic E-state index is 5.45. The van der Waals surface area contributed by atoms with Crippen LogP contribution in [0.2, 0.25) is 0 Å². The van der Waals surface area contributed by atoms with Crippen LogP contribution in [0.25, 0.3) is 33.7 Å². The van der Waals surface area contributed by atoms with Gasteiger partial charge in [-0.05, 0) is 36.8 Å². The number of hydrogen-bond acceptors (Lipinski definition) is 3. The molecule has 2 heterocycles. The van der Waals surface area contributed by atoms with Crippen LogP contribution < -0.4 is 0 Å². The molecule has 0 aliphatic carbocycles. The molecule has 0 atom stereocenters. The molecule has 0 amide bonds. The molecule has 0 saturated carbocycles. The van der Waals surface area contributed by atoms with E-state index in [2.05, 4.69) is 41.0 Å². The van der Waals surface area contributed by atoms with E-state index < -0.39 is 0 Å². The number of aromatic nitrogens is 3. The molecule has 0 radical (unpaired) electrons. The molecular weight excluding hydrogens is 306 g/mol. The van der Waals surface area contributed by atoms with Gasteiger partial charge in [-0.15, -0.1) is 6.42 Å². The number of hydrogen-bond donors (Lipinski definition) is 0. The second-order valence-electron chi connectivity index (χ2n) is 5.84. The summed E-state index contributed by atoms with van der Waals surface area (Å²) in [5.41, 5.74) is 5.59. The van der Waals surface area contributed by atoms with Crippen molar-refractivity contribution in [1.29, 1.82) is 0 Å². The van der Waals surface area contributed by atoms with Crippen LogP contribution >= 0.6 is 0 Å². The van der Waals surface area contributed by atoms with Crippen molar-refractivity contribution in [2.24, 2.45) is 0 Å². The van der Waals surface area contributed by atoms with Gasteiger partial charge in [-0.3, -0.25) is 0 Å². The molecule has 0 bridgehead atoms. The lowest BCUT2D eigenvalue weighted by Crippen LogP contribution is -1.96. The van der Waals surface area contributed by atoms with Crippen LogP contribution in [-0.4, -0.2) is 15.0 Å². The fourth-order valence-corrected chi connectivity index (χ4v) is 2.79. The molecule has 2 aromatic heterocycles. The minimum atomic E-state index is 0.609. The molecule has 25 heavy (non-hydrogen) atoms. The maximum Gasteiger partial charge on any atom is 0.178 e. The lowest BCUT2D eigenvalue weighted by atomic mass is 10.1. The van der Waals surface area contributed by atoms with Gasteiger partial charge in [-0.25, -0.2) is 15.0 Å². The summed E-state index contributed by atoms with van der Waals surface area (Å²) < 4.78 is 0. The van der Waals surface area contributed by atoms with Crippen LogP contribution in [0, 0.1) is 19.3 Å². The zero-order valence-electron chi connectivity index (χ0n) is 13.8. The Kier molecular flexibility index (Phi) is 3.72. The summed E-state index contributed by atoms with van der Waals surface area (Å²) in [6.07, 6.45) is 7.24. The smallest absolute Gasteiger partial charge is 0.178 e. The molecule has 0 fully saturated rings. The van der Waals surface area contributed by atoms with Gasteiger partial charge in [-0.2, -0.15) is 0 Å². The predicted octanol–water partition coefficient (Wildman–Crippen LogP) is 4.65. The second-order valence-corrected chi connectivity index (χ2v) is 5.84. The number of rotatable bonds is 2. The van der Waals surface area contributed by atoms with Crippen molar-refractivity contribution < 1.29 is 0 Å². The first-order valence-electron chi connectivity index (χ1n) is 8.01. The molecule has 4 aromatic rings. The quantitative estimate of drug-likeness (QED) is 0.505. The predicted molar refractivity (Wildman–Crippen MR) is 101 cm³/mol. The van der Waals surface area contributed by atoms with E-state index in [0.717, 1.165) is 39.0 Å². The summed E-state index contributed by atoms with van der Waals surface area (Å²) in [6, 6.07) is 19.9. The van der Waals surface area contributed by atoms with Crippen LogP contribution in [-0.2, 0) is 0 Å². The van der Waals surface area contributed by atoms with Gasteiger partial charge in [0, 0.05) is 22.7 Å². The third kappa shape index (κ3) is 2.86. The third-order valence-corrected chi connectivity index (χ3v) is 4.12. The normalized spacial score (nSPS) is 10.6. The van der Waals surface area contributed by atoms with E-state index in [-0.39, 0.29) is 0 Å². The number of pyridine rings is 1. The highest BCUT2D eigenvalue weighted by atomic mass is 14.9. The highest BCUT2D eigenvalue weighted by molar-refractivity contribution is 5.81. The number of nitrogens with zero attached hydrogens (tertiary/aromatic N) is 3. The van der Waals surface area contributed by atoms with Crippen LogP contribution in [0.4, 0.5) is 0 Å². The van der Waals surface area contributed by atoms with Crippen molar-refractivity contribution in [3.05, 3.63) is 78.0 Å². The number of terminal acetylenes is 1. The Labute approximate surface area is 146 Å². The van der Waals surface area contributed by atoms with Gasteiger partial charge in [0.25, 0.3) is 0 Å².